The zero-order valence-electron chi connectivity index (χ0n) is 14.2. The minimum Gasteiger partial charge on any atom is -0.276 e. The van der Waals surface area contributed by atoms with Crippen molar-refractivity contribution in [1.29, 1.82) is 0 Å². The van der Waals surface area contributed by atoms with Crippen LogP contribution in [-0.4, -0.2) is 4.57 Å². The number of aromatic nitrogens is 1. The summed E-state index contributed by atoms with van der Waals surface area (Å²) in [6.07, 6.45) is 0. The number of thioether (sulfide) groups is 1. The first kappa shape index (κ1) is 18.4. The van der Waals surface area contributed by atoms with Gasteiger partial charge in [0.1, 0.15) is 0 Å². The van der Waals surface area contributed by atoms with Gasteiger partial charge in [0.05, 0.1) is 11.2 Å². The fourth-order valence-corrected chi connectivity index (χ4v) is 4.73. The summed E-state index contributed by atoms with van der Waals surface area (Å²) in [5, 5.41) is 1.65. The number of pyridine rings is 1. The quantitative estimate of drug-likeness (QED) is 0.319. The molecular formula is C22H15BrClNOS. The van der Waals surface area contributed by atoms with Gasteiger partial charge in [-0.25, -0.2) is 0 Å². The van der Waals surface area contributed by atoms with E-state index in [1.54, 1.807) is 34.5 Å². The molecule has 0 spiro atoms. The maximum Gasteiger partial charge on any atom is 0.255 e. The van der Waals surface area contributed by atoms with Gasteiger partial charge >= 0.3 is 0 Å². The van der Waals surface area contributed by atoms with E-state index >= 15 is 0 Å². The molecule has 0 amide bonds. The summed E-state index contributed by atoms with van der Waals surface area (Å²) in [4.78, 5) is 13.7. The fraction of sp³-hybridized carbons (Fsp3) is 0.0455. The van der Waals surface area contributed by atoms with E-state index in [9.17, 15) is 4.79 Å². The highest BCUT2D eigenvalue weighted by molar-refractivity contribution is 9.10. The number of hydrogen-bond donors (Lipinski definition) is 0. The van der Waals surface area contributed by atoms with Crippen molar-refractivity contribution in [2.75, 3.05) is 0 Å². The van der Waals surface area contributed by atoms with Crippen LogP contribution in [0.15, 0.2) is 93.0 Å². The standard InChI is InChI=1S/C22H15BrClNOS/c23-19-13-17(24)7-9-21(19)25-20-10-8-18(12-16(20)6-11-22(25)26)27-14-15-4-2-1-3-5-15/h1-13H,14H2. The van der Waals surface area contributed by atoms with Gasteiger partial charge in [0.15, 0.2) is 0 Å². The van der Waals surface area contributed by atoms with Crippen molar-refractivity contribution < 1.29 is 0 Å². The third kappa shape index (κ3) is 3.98. The second kappa shape index (κ2) is 7.93. The van der Waals surface area contributed by atoms with E-state index in [2.05, 4.69) is 52.3 Å². The fourth-order valence-electron chi connectivity index (χ4n) is 2.97. The second-order valence-electron chi connectivity index (χ2n) is 6.10. The molecule has 0 unspecified atom stereocenters. The molecule has 0 atom stereocenters. The van der Waals surface area contributed by atoms with E-state index in [-0.39, 0.29) is 5.56 Å². The molecule has 2 nitrogen and oxygen atoms in total. The summed E-state index contributed by atoms with van der Waals surface area (Å²) in [7, 11) is 0. The van der Waals surface area contributed by atoms with Crippen molar-refractivity contribution in [2.24, 2.45) is 0 Å². The molecule has 5 heteroatoms. The Balaban J connectivity index is 1.73. The van der Waals surface area contributed by atoms with E-state index in [1.807, 2.05) is 24.3 Å². The van der Waals surface area contributed by atoms with Crippen molar-refractivity contribution in [3.05, 3.63) is 104 Å². The maximum absolute atomic E-state index is 12.6. The predicted molar refractivity (Wildman–Crippen MR) is 118 cm³/mol. The summed E-state index contributed by atoms with van der Waals surface area (Å²) in [6, 6.07) is 25.5. The first-order chi connectivity index (χ1) is 13.1. The lowest BCUT2D eigenvalue weighted by atomic mass is 10.2. The zero-order chi connectivity index (χ0) is 18.8. The van der Waals surface area contributed by atoms with Gasteiger partial charge in [-0.15, -0.1) is 11.8 Å². The lowest BCUT2D eigenvalue weighted by molar-refractivity contribution is 1.03. The molecule has 0 aliphatic rings. The summed E-state index contributed by atoms with van der Waals surface area (Å²) < 4.78 is 2.49. The summed E-state index contributed by atoms with van der Waals surface area (Å²) in [6.45, 7) is 0. The van der Waals surface area contributed by atoms with Crippen LogP contribution in [0.5, 0.6) is 0 Å². The number of rotatable bonds is 4. The van der Waals surface area contributed by atoms with E-state index < -0.39 is 0 Å². The molecule has 134 valence electrons. The lowest BCUT2D eigenvalue weighted by Gasteiger charge is -2.13. The van der Waals surface area contributed by atoms with Crippen molar-refractivity contribution in [3.8, 4) is 5.69 Å². The van der Waals surface area contributed by atoms with Crippen molar-refractivity contribution in [1.82, 2.24) is 4.57 Å². The molecule has 1 heterocycles. The number of halogens is 2. The van der Waals surface area contributed by atoms with Gasteiger partial charge in [-0.2, -0.15) is 0 Å². The SMILES string of the molecule is O=c1ccc2cc(SCc3ccccc3)ccc2n1-c1ccc(Cl)cc1Br. The zero-order valence-corrected chi connectivity index (χ0v) is 17.4. The van der Waals surface area contributed by atoms with E-state index in [1.165, 1.54) is 10.5 Å². The Hall–Kier alpha value is -2.01. The van der Waals surface area contributed by atoms with Gasteiger partial charge in [-0.1, -0.05) is 41.9 Å². The molecule has 0 radical (unpaired) electrons. The van der Waals surface area contributed by atoms with Crippen LogP contribution in [0.4, 0.5) is 0 Å². The van der Waals surface area contributed by atoms with Crippen LogP contribution in [0.1, 0.15) is 5.56 Å². The summed E-state index contributed by atoms with van der Waals surface area (Å²) >= 11 is 11.4. The summed E-state index contributed by atoms with van der Waals surface area (Å²) in [5.41, 5.74) is 2.86. The molecule has 0 fully saturated rings. The average Bonchev–Trinajstić information content (AvgIpc) is 2.68. The largest absolute Gasteiger partial charge is 0.276 e. The Kier molecular flexibility index (Phi) is 5.39. The van der Waals surface area contributed by atoms with Crippen LogP contribution < -0.4 is 5.56 Å². The molecule has 1 aromatic heterocycles. The first-order valence-corrected chi connectivity index (χ1v) is 10.6. The third-order valence-corrected chi connectivity index (χ3v) is 6.20. The average molecular weight is 457 g/mol. The van der Waals surface area contributed by atoms with Crippen molar-refractivity contribution >= 4 is 50.2 Å². The van der Waals surface area contributed by atoms with Crippen molar-refractivity contribution in [3.63, 3.8) is 0 Å². The number of hydrogen-bond acceptors (Lipinski definition) is 2. The highest BCUT2D eigenvalue weighted by atomic mass is 79.9. The Morgan fingerprint density at radius 1 is 0.926 bits per heavy atom. The topological polar surface area (TPSA) is 22.0 Å². The summed E-state index contributed by atoms with van der Waals surface area (Å²) in [5.74, 6) is 0.911. The molecule has 0 saturated heterocycles. The number of nitrogens with zero attached hydrogens (tertiary/aromatic N) is 1. The first-order valence-electron chi connectivity index (χ1n) is 8.40. The predicted octanol–water partition coefficient (Wildman–Crippen LogP) is 6.70. The molecule has 0 saturated carbocycles. The molecule has 0 aliphatic carbocycles. The number of fused-ring (bicyclic) bond motifs is 1. The molecule has 0 N–H and O–H groups in total. The Morgan fingerprint density at radius 3 is 2.52 bits per heavy atom. The molecular weight excluding hydrogens is 442 g/mol. The molecule has 0 aliphatic heterocycles. The second-order valence-corrected chi connectivity index (χ2v) is 8.44. The molecule has 3 aromatic carbocycles. The van der Waals surface area contributed by atoms with Crippen LogP contribution in [-0.2, 0) is 5.75 Å². The van der Waals surface area contributed by atoms with Gasteiger partial charge in [-0.3, -0.25) is 9.36 Å². The lowest BCUT2D eigenvalue weighted by Crippen LogP contribution is -2.17. The van der Waals surface area contributed by atoms with E-state index in [0.717, 1.165) is 26.8 Å². The van der Waals surface area contributed by atoms with Crippen molar-refractivity contribution in [2.45, 2.75) is 10.6 Å². The van der Waals surface area contributed by atoms with Crippen LogP contribution in [0.3, 0.4) is 0 Å². The maximum atomic E-state index is 12.6. The highest BCUT2D eigenvalue weighted by Crippen LogP contribution is 2.29. The van der Waals surface area contributed by atoms with Gasteiger partial charge in [0, 0.05) is 26.2 Å². The third-order valence-electron chi connectivity index (χ3n) is 4.26. The minimum absolute atomic E-state index is 0.0739. The normalized spacial score (nSPS) is 11.0. The molecule has 4 rings (SSSR count). The van der Waals surface area contributed by atoms with Gasteiger partial charge in [-0.05, 0) is 69.3 Å². The highest BCUT2D eigenvalue weighted by Gasteiger charge is 2.10. The van der Waals surface area contributed by atoms with Crippen LogP contribution in [0.2, 0.25) is 5.02 Å². The molecule has 0 bridgehead atoms. The van der Waals surface area contributed by atoms with Crippen LogP contribution in [0.25, 0.3) is 16.6 Å². The van der Waals surface area contributed by atoms with Gasteiger partial charge in [0.25, 0.3) is 5.56 Å². The van der Waals surface area contributed by atoms with Crippen LogP contribution in [0, 0.1) is 0 Å². The molecule has 4 aromatic rings. The Labute approximate surface area is 174 Å². The Morgan fingerprint density at radius 2 is 1.74 bits per heavy atom. The smallest absolute Gasteiger partial charge is 0.255 e. The Bertz CT molecular complexity index is 1170. The van der Waals surface area contributed by atoms with Crippen LogP contribution >= 0.6 is 39.3 Å². The van der Waals surface area contributed by atoms with Gasteiger partial charge in [0.2, 0.25) is 0 Å². The van der Waals surface area contributed by atoms with E-state index in [0.29, 0.717) is 5.02 Å². The number of benzene rings is 3. The monoisotopic (exact) mass is 455 g/mol. The van der Waals surface area contributed by atoms with E-state index in [4.69, 9.17) is 11.6 Å². The van der Waals surface area contributed by atoms with Gasteiger partial charge < -0.3 is 0 Å². The molecule has 27 heavy (non-hydrogen) atoms. The minimum atomic E-state index is -0.0739.